The zero-order chi connectivity index (χ0) is 14.8. The zero-order valence-electron chi connectivity index (χ0n) is 11.0. The molecule has 6 nitrogen and oxygen atoms in total. The Labute approximate surface area is 116 Å². The van der Waals surface area contributed by atoms with Gasteiger partial charge in [-0.3, -0.25) is 14.9 Å². The number of halogens is 1. The van der Waals surface area contributed by atoms with Gasteiger partial charge in [-0.25, -0.2) is 0 Å². The number of carbonyl (C=O) groups is 1. The van der Waals surface area contributed by atoms with Crippen LogP contribution in [0, 0.1) is 17.0 Å². The van der Waals surface area contributed by atoms with Gasteiger partial charge in [0.15, 0.2) is 0 Å². The fourth-order valence-corrected chi connectivity index (χ4v) is 1.78. The molecule has 0 aliphatic rings. The van der Waals surface area contributed by atoms with E-state index in [0.29, 0.717) is 11.3 Å². The molecule has 0 bridgehead atoms. The predicted octanol–water partition coefficient (Wildman–Crippen LogP) is 2.62. The number of nitro benzene ring substituents is 1. The lowest BCUT2D eigenvalue weighted by Gasteiger charge is -2.18. The van der Waals surface area contributed by atoms with E-state index in [4.69, 9.17) is 17.3 Å². The number of anilines is 1. The Balaban J connectivity index is 2.95. The first-order chi connectivity index (χ1) is 8.60. The molecule has 1 aromatic carbocycles. The Kier molecular flexibility index (Phi) is 4.49. The van der Waals surface area contributed by atoms with E-state index in [-0.39, 0.29) is 23.0 Å². The van der Waals surface area contributed by atoms with Crippen LogP contribution in [0.25, 0.3) is 0 Å². The summed E-state index contributed by atoms with van der Waals surface area (Å²) in [6.45, 7) is 5.14. The number of hydrogen-bond donors (Lipinski definition) is 2. The van der Waals surface area contributed by atoms with Gasteiger partial charge in [0.1, 0.15) is 5.02 Å². The van der Waals surface area contributed by atoms with Gasteiger partial charge in [0, 0.05) is 23.7 Å². The molecule has 0 radical (unpaired) electrons. The van der Waals surface area contributed by atoms with Crippen LogP contribution in [0.2, 0.25) is 5.02 Å². The minimum Gasteiger partial charge on any atom is -0.326 e. The van der Waals surface area contributed by atoms with Crippen molar-refractivity contribution in [2.24, 2.45) is 5.73 Å². The summed E-state index contributed by atoms with van der Waals surface area (Å²) in [6, 6.07) is 2.70. The van der Waals surface area contributed by atoms with E-state index in [0.717, 1.165) is 0 Å². The zero-order valence-corrected chi connectivity index (χ0v) is 11.7. The van der Waals surface area contributed by atoms with Crippen LogP contribution in [-0.4, -0.2) is 16.4 Å². The predicted molar refractivity (Wildman–Crippen MR) is 74.4 cm³/mol. The van der Waals surface area contributed by atoms with Crippen LogP contribution in [0.4, 0.5) is 11.4 Å². The number of nitro groups is 1. The minimum atomic E-state index is -0.622. The van der Waals surface area contributed by atoms with E-state index in [1.54, 1.807) is 20.8 Å². The summed E-state index contributed by atoms with van der Waals surface area (Å²) >= 11 is 5.80. The Morgan fingerprint density at radius 3 is 2.58 bits per heavy atom. The molecule has 7 heteroatoms. The van der Waals surface area contributed by atoms with Gasteiger partial charge in [0.05, 0.1) is 4.92 Å². The molecular weight excluding hydrogens is 270 g/mol. The Morgan fingerprint density at radius 2 is 2.11 bits per heavy atom. The van der Waals surface area contributed by atoms with E-state index in [1.165, 1.54) is 12.1 Å². The van der Waals surface area contributed by atoms with E-state index in [1.807, 2.05) is 0 Å². The molecule has 1 amide bonds. The van der Waals surface area contributed by atoms with Crippen molar-refractivity contribution in [3.63, 3.8) is 0 Å². The van der Waals surface area contributed by atoms with Crippen molar-refractivity contribution in [3.8, 4) is 0 Å². The molecule has 19 heavy (non-hydrogen) atoms. The quantitative estimate of drug-likeness (QED) is 0.656. The van der Waals surface area contributed by atoms with Crippen LogP contribution in [0.15, 0.2) is 12.1 Å². The number of benzene rings is 1. The highest BCUT2D eigenvalue weighted by Gasteiger charge is 2.19. The third-order valence-corrected chi connectivity index (χ3v) is 2.68. The number of nitrogens with two attached hydrogens (primary N) is 1. The van der Waals surface area contributed by atoms with E-state index in [9.17, 15) is 14.9 Å². The molecule has 0 unspecified atom stereocenters. The second-order valence-corrected chi connectivity index (χ2v) is 5.50. The molecule has 104 valence electrons. The van der Waals surface area contributed by atoms with Crippen molar-refractivity contribution in [2.75, 3.05) is 5.32 Å². The molecule has 0 saturated carbocycles. The molecule has 0 aliphatic carbocycles. The average molecular weight is 286 g/mol. The van der Waals surface area contributed by atoms with Crippen molar-refractivity contribution in [3.05, 3.63) is 32.8 Å². The molecule has 0 aromatic heterocycles. The second kappa shape index (κ2) is 5.54. The Hall–Kier alpha value is -1.66. The molecule has 0 atom stereocenters. The van der Waals surface area contributed by atoms with Crippen molar-refractivity contribution in [1.82, 2.24) is 0 Å². The minimum absolute atomic E-state index is 0.0158. The van der Waals surface area contributed by atoms with Crippen LogP contribution in [0.1, 0.15) is 25.8 Å². The van der Waals surface area contributed by atoms with Gasteiger partial charge in [-0.15, -0.1) is 0 Å². The summed E-state index contributed by atoms with van der Waals surface area (Å²) in [6.07, 6.45) is 0.140. The largest absolute Gasteiger partial charge is 0.326 e. The van der Waals surface area contributed by atoms with Crippen LogP contribution < -0.4 is 11.1 Å². The summed E-state index contributed by atoms with van der Waals surface area (Å²) in [5.41, 5.74) is 5.96. The van der Waals surface area contributed by atoms with Gasteiger partial charge in [0.25, 0.3) is 5.69 Å². The van der Waals surface area contributed by atoms with Gasteiger partial charge in [-0.05, 0) is 32.4 Å². The summed E-state index contributed by atoms with van der Waals surface area (Å²) in [5, 5.41) is 13.3. The number of amides is 1. The Bertz CT molecular complexity index is 524. The monoisotopic (exact) mass is 285 g/mol. The standard InChI is InChI=1S/C12H16ClN3O3/c1-7-4-10(16(18)19)8(13)5-9(7)15-11(17)6-12(2,3)14/h4-5H,6,14H2,1-3H3,(H,15,17). The lowest BCUT2D eigenvalue weighted by Crippen LogP contribution is -2.36. The highest BCUT2D eigenvalue weighted by Crippen LogP contribution is 2.30. The summed E-state index contributed by atoms with van der Waals surface area (Å²) < 4.78 is 0. The molecular formula is C12H16ClN3O3. The molecule has 1 aromatic rings. The van der Waals surface area contributed by atoms with Gasteiger partial charge in [-0.1, -0.05) is 11.6 Å². The average Bonchev–Trinajstić information content (AvgIpc) is 2.19. The van der Waals surface area contributed by atoms with Crippen LogP contribution >= 0.6 is 11.6 Å². The number of nitrogens with zero attached hydrogens (tertiary/aromatic N) is 1. The topological polar surface area (TPSA) is 98.3 Å². The SMILES string of the molecule is Cc1cc([N+](=O)[O-])c(Cl)cc1NC(=O)CC(C)(C)N. The Morgan fingerprint density at radius 1 is 1.53 bits per heavy atom. The van der Waals surface area contributed by atoms with E-state index >= 15 is 0 Å². The summed E-state index contributed by atoms with van der Waals surface area (Å²) in [4.78, 5) is 21.9. The van der Waals surface area contributed by atoms with Crippen molar-refractivity contribution in [2.45, 2.75) is 32.7 Å². The summed E-state index contributed by atoms with van der Waals surface area (Å²) in [5.74, 6) is -0.263. The fraction of sp³-hybridized carbons (Fsp3) is 0.417. The second-order valence-electron chi connectivity index (χ2n) is 5.09. The van der Waals surface area contributed by atoms with Gasteiger partial charge < -0.3 is 11.1 Å². The van der Waals surface area contributed by atoms with Crippen LogP contribution in [0.5, 0.6) is 0 Å². The molecule has 0 heterocycles. The van der Waals surface area contributed by atoms with Crippen molar-refractivity contribution < 1.29 is 9.72 Å². The summed E-state index contributed by atoms with van der Waals surface area (Å²) in [7, 11) is 0. The maximum atomic E-state index is 11.7. The van der Waals surface area contributed by atoms with Crippen LogP contribution in [-0.2, 0) is 4.79 Å². The third-order valence-electron chi connectivity index (χ3n) is 2.38. The number of aryl methyl sites for hydroxylation is 1. The van der Waals surface area contributed by atoms with Gasteiger partial charge in [0.2, 0.25) is 5.91 Å². The third kappa shape index (κ3) is 4.50. The first kappa shape index (κ1) is 15.4. The lowest BCUT2D eigenvalue weighted by molar-refractivity contribution is -0.384. The smallest absolute Gasteiger partial charge is 0.288 e. The normalized spacial score (nSPS) is 11.2. The van der Waals surface area contributed by atoms with Gasteiger partial charge >= 0.3 is 0 Å². The molecule has 0 spiro atoms. The van der Waals surface area contributed by atoms with Crippen molar-refractivity contribution >= 4 is 28.9 Å². The van der Waals surface area contributed by atoms with E-state index in [2.05, 4.69) is 5.32 Å². The van der Waals surface area contributed by atoms with E-state index < -0.39 is 10.5 Å². The first-order valence-corrected chi connectivity index (χ1v) is 6.01. The maximum absolute atomic E-state index is 11.7. The maximum Gasteiger partial charge on any atom is 0.288 e. The molecule has 0 aliphatic heterocycles. The number of nitrogens with one attached hydrogen (secondary N) is 1. The van der Waals surface area contributed by atoms with Crippen molar-refractivity contribution in [1.29, 1.82) is 0 Å². The molecule has 0 saturated heterocycles. The highest BCUT2D eigenvalue weighted by molar-refractivity contribution is 6.33. The number of carbonyl (C=O) groups excluding carboxylic acids is 1. The lowest BCUT2D eigenvalue weighted by atomic mass is 10.0. The van der Waals surface area contributed by atoms with Crippen LogP contribution in [0.3, 0.4) is 0 Å². The first-order valence-electron chi connectivity index (χ1n) is 5.63. The number of rotatable bonds is 4. The molecule has 3 N–H and O–H groups in total. The number of hydrogen-bond acceptors (Lipinski definition) is 4. The molecule has 0 fully saturated rings. The fourth-order valence-electron chi connectivity index (χ4n) is 1.55. The highest BCUT2D eigenvalue weighted by atomic mass is 35.5. The molecule has 1 rings (SSSR count). The van der Waals surface area contributed by atoms with Gasteiger partial charge in [-0.2, -0.15) is 0 Å².